The van der Waals surface area contributed by atoms with Crippen LogP contribution in [0, 0.1) is 23.2 Å². The van der Waals surface area contributed by atoms with Crippen molar-refractivity contribution in [3.63, 3.8) is 0 Å². The predicted molar refractivity (Wildman–Crippen MR) is 41.3 cm³/mol. The minimum atomic E-state index is -0.149. The van der Waals surface area contributed by atoms with Crippen molar-refractivity contribution in [2.24, 2.45) is 17.0 Å². The van der Waals surface area contributed by atoms with E-state index in [2.05, 4.69) is 11.2 Å². The fraction of sp³-hybridized carbons (Fsp3) is 0.750. The van der Waals surface area contributed by atoms with Crippen LogP contribution >= 0.6 is 0 Å². The summed E-state index contributed by atoms with van der Waals surface area (Å²) in [5.74, 6) is 0.127. The standard InChI is InChI=1S/C8H12N2O/c1-6-3-2-4-7(5-9)8(6)10-11/h6-7,11H,2-4H2,1H3. The Balaban J connectivity index is 2.74. The molecule has 0 bridgehead atoms. The highest BCUT2D eigenvalue weighted by atomic mass is 16.4. The molecular weight excluding hydrogens is 140 g/mol. The monoisotopic (exact) mass is 152 g/mol. The zero-order chi connectivity index (χ0) is 8.27. The summed E-state index contributed by atoms with van der Waals surface area (Å²) in [6, 6.07) is 2.14. The number of hydrogen-bond donors (Lipinski definition) is 1. The minimum Gasteiger partial charge on any atom is -0.411 e. The van der Waals surface area contributed by atoms with Gasteiger partial charge in [0.1, 0.15) is 0 Å². The average molecular weight is 152 g/mol. The molecule has 1 rings (SSSR count). The molecular formula is C8H12N2O. The molecule has 0 spiro atoms. The summed E-state index contributed by atoms with van der Waals surface area (Å²) in [5, 5.41) is 20.4. The van der Waals surface area contributed by atoms with Crippen LogP contribution in [0.1, 0.15) is 26.2 Å². The molecule has 2 atom stereocenters. The van der Waals surface area contributed by atoms with Gasteiger partial charge in [-0.15, -0.1) is 0 Å². The van der Waals surface area contributed by atoms with Crippen molar-refractivity contribution in [3.05, 3.63) is 0 Å². The number of oxime groups is 1. The highest BCUT2D eigenvalue weighted by molar-refractivity contribution is 5.90. The maximum Gasteiger partial charge on any atom is 0.0881 e. The molecule has 0 aromatic rings. The Morgan fingerprint density at radius 3 is 2.82 bits per heavy atom. The van der Waals surface area contributed by atoms with Gasteiger partial charge in [0.2, 0.25) is 0 Å². The zero-order valence-electron chi connectivity index (χ0n) is 6.62. The number of hydrogen-bond acceptors (Lipinski definition) is 3. The molecule has 0 aliphatic heterocycles. The lowest BCUT2D eigenvalue weighted by Gasteiger charge is -2.22. The third kappa shape index (κ3) is 1.51. The Hall–Kier alpha value is -1.04. The van der Waals surface area contributed by atoms with Crippen molar-refractivity contribution in [3.8, 4) is 6.07 Å². The van der Waals surface area contributed by atoms with E-state index in [0.717, 1.165) is 19.3 Å². The van der Waals surface area contributed by atoms with Gasteiger partial charge in [-0.25, -0.2) is 0 Å². The van der Waals surface area contributed by atoms with Crippen LogP contribution in [-0.4, -0.2) is 10.9 Å². The first-order valence-corrected chi connectivity index (χ1v) is 3.91. The molecule has 1 aliphatic carbocycles. The van der Waals surface area contributed by atoms with Crippen molar-refractivity contribution in [1.82, 2.24) is 0 Å². The highest BCUT2D eigenvalue weighted by Crippen LogP contribution is 2.25. The Morgan fingerprint density at radius 2 is 2.36 bits per heavy atom. The van der Waals surface area contributed by atoms with E-state index < -0.39 is 0 Å². The maximum absolute atomic E-state index is 8.67. The summed E-state index contributed by atoms with van der Waals surface area (Å²) in [5.41, 5.74) is 0.666. The fourth-order valence-corrected chi connectivity index (χ4v) is 1.57. The molecule has 3 heteroatoms. The third-order valence-corrected chi connectivity index (χ3v) is 2.26. The van der Waals surface area contributed by atoms with Gasteiger partial charge in [0.15, 0.2) is 0 Å². The van der Waals surface area contributed by atoms with Crippen LogP contribution in [0.15, 0.2) is 5.16 Å². The third-order valence-electron chi connectivity index (χ3n) is 2.26. The first kappa shape index (κ1) is 8.06. The Bertz CT molecular complexity index is 205. The normalized spacial score (nSPS) is 35.1. The van der Waals surface area contributed by atoms with Crippen molar-refractivity contribution in [2.45, 2.75) is 26.2 Å². The quantitative estimate of drug-likeness (QED) is 0.425. The van der Waals surface area contributed by atoms with E-state index in [0.29, 0.717) is 5.71 Å². The topological polar surface area (TPSA) is 56.4 Å². The van der Waals surface area contributed by atoms with Gasteiger partial charge in [-0.05, 0) is 18.8 Å². The van der Waals surface area contributed by atoms with Crippen molar-refractivity contribution >= 4 is 5.71 Å². The molecule has 0 aromatic carbocycles. The van der Waals surface area contributed by atoms with E-state index in [1.165, 1.54) is 0 Å². The van der Waals surface area contributed by atoms with Gasteiger partial charge in [0, 0.05) is 0 Å². The van der Waals surface area contributed by atoms with Crippen LogP contribution in [0.5, 0.6) is 0 Å². The van der Waals surface area contributed by atoms with Crippen LogP contribution in [0.4, 0.5) is 0 Å². The van der Waals surface area contributed by atoms with Crippen LogP contribution in [-0.2, 0) is 0 Å². The summed E-state index contributed by atoms with van der Waals surface area (Å²) in [6.07, 6.45) is 2.95. The van der Waals surface area contributed by atoms with E-state index in [4.69, 9.17) is 10.5 Å². The minimum absolute atomic E-state index is 0.149. The second-order valence-corrected chi connectivity index (χ2v) is 3.04. The lowest BCUT2D eigenvalue weighted by atomic mass is 9.81. The van der Waals surface area contributed by atoms with E-state index >= 15 is 0 Å². The van der Waals surface area contributed by atoms with E-state index in [-0.39, 0.29) is 11.8 Å². The fourth-order valence-electron chi connectivity index (χ4n) is 1.57. The Morgan fingerprint density at radius 1 is 1.64 bits per heavy atom. The van der Waals surface area contributed by atoms with Gasteiger partial charge < -0.3 is 5.21 Å². The van der Waals surface area contributed by atoms with Gasteiger partial charge in [-0.3, -0.25) is 0 Å². The number of nitriles is 1. The molecule has 2 unspecified atom stereocenters. The summed E-state index contributed by atoms with van der Waals surface area (Å²) in [6.45, 7) is 2.00. The molecule has 0 saturated heterocycles. The highest BCUT2D eigenvalue weighted by Gasteiger charge is 2.26. The molecule has 1 saturated carbocycles. The molecule has 0 heterocycles. The first-order valence-electron chi connectivity index (χ1n) is 3.91. The molecule has 0 aromatic heterocycles. The largest absolute Gasteiger partial charge is 0.411 e. The van der Waals surface area contributed by atoms with Crippen LogP contribution in [0.3, 0.4) is 0 Å². The SMILES string of the molecule is CC1CCCC(C#N)C1=NO. The smallest absolute Gasteiger partial charge is 0.0881 e. The van der Waals surface area contributed by atoms with E-state index in [1.807, 2.05) is 6.92 Å². The Kier molecular flexibility index (Phi) is 2.48. The van der Waals surface area contributed by atoms with Crippen molar-refractivity contribution in [2.75, 3.05) is 0 Å². The summed E-state index contributed by atoms with van der Waals surface area (Å²) < 4.78 is 0. The lowest BCUT2D eigenvalue weighted by molar-refractivity contribution is 0.306. The number of rotatable bonds is 0. The molecule has 1 aliphatic rings. The second-order valence-electron chi connectivity index (χ2n) is 3.04. The molecule has 0 amide bonds. The molecule has 3 nitrogen and oxygen atoms in total. The van der Waals surface area contributed by atoms with Crippen LogP contribution in [0.25, 0.3) is 0 Å². The van der Waals surface area contributed by atoms with Gasteiger partial charge in [0.25, 0.3) is 0 Å². The summed E-state index contributed by atoms with van der Waals surface area (Å²) >= 11 is 0. The van der Waals surface area contributed by atoms with Gasteiger partial charge in [-0.2, -0.15) is 5.26 Å². The van der Waals surface area contributed by atoms with Crippen LogP contribution < -0.4 is 0 Å². The first-order chi connectivity index (χ1) is 5.29. The predicted octanol–water partition coefficient (Wildman–Crippen LogP) is 1.78. The lowest BCUT2D eigenvalue weighted by Crippen LogP contribution is -2.25. The molecule has 1 fully saturated rings. The molecule has 1 N–H and O–H groups in total. The second kappa shape index (κ2) is 3.38. The van der Waals surface area contributed by atoms with Crippen molar-refractivity contribution < 1.29 is 5.21 Å². The molecule has 11 heavy (non-hydrogen) atoms. The zero-order valence-corrected chi connectivity index (χ0v) is 6.62. The van der Waals surface area contributed by atoms with E-state index in [1.54, 1.807) is 0 Å². The molecule has 60 valence electrons. The van der Waals surface area contributed by atoms with Gasteiger partial charge in [-0.1, -0.05) is 18.5 Å². The maximum atomic E-state index is 8.67. The Labute approximate surface area is 66.3 Å². The average Bonchev–Trinajstić information content (AvgIpc) is 2.04. The molecule has 0 radical (unpaired) electrons. The summed E-state index contributed by atoms with van der Waals surface area (Å²) in [7, 11) is 0. The number of nitrogens with zero attached hydrogens (tertiary/aromatic N) is 2. The van der Waals surface area contributed by atoms with Crippen molar-refractivity contribution in [1.29, 1.82) is 5.26 Å². The van der Waals surface area contributed by atoms with Crippen LogP contribution in [0.2, 0.25) is 0 Å². The van der Waals surface area contributed by atoms with Gasteiger partial charge in [0.05, 0.1) is 17.7 Å². The van der Waals surface area contributed by atoms with Gasteiger partial charge >= 0.3 is 0 Å². The summed E-state index contributed by atoms with van der Waals surface area (Å²) in [4.78, 5) is 0. The van der Waals surface area contributed by atoms with E-state index in [9.17, 15) is 0 Å².